The maximum Gasteiger partial charge on any atom is 0.338 e. The van der Waals surface area contributed by atoms with E-state index < -0.39 is 17.6 Å². The third-order valence-electron chi connectivity index (χ3n) is 4.14. The fourth-order valence-electron chi connectivity index (χ4n) is 2.64. The Kier molecular flexibility index (Phi) is 11.1. The molecule has 1 rings (SSSR count). The zero-order chi connectivity index (χ0) is 17.6. The molecule has 1 aromatic rings. The number of rotatable bonds is 13. The SMILES string of the molecule is CCCCCCCCCCCCCOC(=O)c1ccc(F)c(F)c1. The first-order valence-electron chi connectivity index (χ1n) is 9.27. The number of esters is 1. The van der Waals surface area contributed by atoms with Crippen LogP contribution >= 0.6 is 0 Å². The molecule has 0 aliphatic heterocycles. The van der Waals surface area contributed by atoms with Crippen LogP contribution in [0.5, 0.6) is 0 Å². The monoisotopic (exact) mass is 340 g/mol. The molecule has 1 aromatic carbocycles. The first kappa shape index (κ1) is 20.6. The number of carbonyl (C=O) groups is 1. The molecule has 0 amide bonds. The molecule has 0 radical (unpaired) electrons. The molecule has 0 bridgehead atoms. The van der Waals surface area contributed by atoms with Crippen molar-refractivity contribution < 1.29 is 18.3 Å². The van der Waals surface area contributed by atoms with Crippen molar-refractivity contribution in [2.75, 3.05) is 6.61 Å². The lowest BCUT2D eigenvalue weighted by Gasteiger charge is -2.05. The predicted molar refractivity (Wildman–Crippen MR) is 93.1 cm³/mol. The number of unbranched alkanes of at least 4 members (excludes halogenated alkanes) is 10. The second-order valence-electron chi connectivity index (χ2n) is 6.30. The van der Waals surface area contributed by atoms with Crippen LogP contribution in [0.3, 0.4) is 0 Å². The number of hydrogen-bond donors (Lipinski definition) is 0. The Morgan fingerprint density at radius 3 is 1.92 bits per heavy atom. The van der Waals surface area contributed by atoms with Gasteiger partial charge in [-0.3, -0.25) is 0 Å². The van der Waals surface area contributed by atoms with Gasteiger partial charge in [0.1, 0.15) is 0 Å². The van der Waals surface area contributed by atoms with Gasteiger partial charge in [-0.1, -0.05) is 71.1 Å². The Morgan fingerprint density at radius 1 is 0.833 bits per heavy atom. The third-order valence-corrected chi connectivity index (χ3v) is 4.14. The molecule has 136 valence electrons. The minimum atomic E-state index is -1.03. The summed E-state index contributed by atoms with van der Waals surface area (Å²) in [6, 6.07) is 3.05. The number of halogens is 2. The molecular weight excluding hydrogens is 310 g/mol. The van der Waals surface area contributed by atoms with Gasteiger partial charge >= 0.3 is 5.97 Å². The summed E-state index contributed by atoms with van der Waals surface area (Å²) in [6.45, 7) is 2.56. The van der Waals surface area contributed by atoms with Crippen LogP contribution in [-0.4, -0.2) is 12.6 Å². The van der Waals surface area contributed by atoms with Gasteiger partial charge in [0, 0.05) is 0 Å². The molecule has 0 aromatic heterocycles. The number of hydrogen-bond acceptors (Lipinski definition) is 2. The van der Waals surface area contributed by atoms with E-state index in [0.29, 0.717) is 6.61 Å². The summed E-state index contributed by atoms with van der Waals surface area (Å²) in [5, 5.41) is 0. The molecule has 0 aliphatic carbocycles. The van der Waals surface area contributed by atoms with E-state index in [0.717, 1.165) is 31.4 Å². The fraction of sp³-hybridized carbons (Fsp3) is 0.650. The van der Waals surface area contributed by atoms with E-state index in [1.807, 2.05) is 0 Å². The van der Waals surface area contributed by atoms with Gasteiger partial charge in [0.05, 0.1) is 12.2 Å². The van der Waals surface area contributed by atoms with Crippen molar-refractivity contribution in [2.24, 2.45) is 0 Å². The molecule has 2 nitrogen and oxygen atoms in total. The zero-order valence-corrected chi connectivity index (χ0v) is 14.8. The van der Waals surface area contributed by atoms with Gasteiger partial charge in [-0.15, -0.1) is 0 Å². The second-order valence-corrected chi connectivity index (χ2v) is 6.30. The van der Waals surface area contributed by atoms with E-state index >= 15 is 0 Å². The highest BCUT2D eigenvalue weighted by molar-refractivity contribution is 5.89. The van der Waals surface area contributed by atoms with E-state index in [1.54, 1.807) is 0 Å². The van der Waals surface area contributed by atoms with Crippen LogP contribution in [0.25, 0.3) is 0 Å². The summed E-state index contributed by atoms with van der Waals surface area (Å²) >= 11 is 0. The molecule has 4 heteroatoms. The Hall–Kier alpha value is -1.45. The maximum absolute atomic E-state index is 13.0. The first-order valence-corrected chi connectivity index (χ1v) is 9.27. The lowest BCUT2D eigenvalue weighted by atomic mass is 10.1. The van der Waals surface area contributed by atoms with Gasteiger partial charge < -0.3 is 4.74 Å². The lowest BCUT2D eigenvalue weighted by Crippen LogP contribution is -2.07. The van der Waals surface area contributed by atoms with Crippen LogP contribution in [0, 0.1) is 11.6 Å². The quantitative estimate of drug-likeness (QED) is 0.305. The van der Waals surface area contributed by atoms with E-state index in [-0.39, 0.29) is 5.56 Å². The van der Waals surface area contributed by atoms with Gasteiger partial charge in [-0.25, -0.2) is 13.6 Å². The summed E-state index contributed by atoms with van der Waals surface area (Å²) in [5.74, 6) is -2.59. The molecule has 0 aliphatic rings. The molecule has 0 saturated carbocycles. The molecule has 0 N–H and O–H groups in total. The minimum Gasteiger partial charge on any atom is -0.462 e. The molecular formula is C20H30F2O2. The Labute approximate surface area is 144 Å². The highest BCUT2D eigenvalue weighted by Gasteiger charge is 2.10. The Bertz CT molecular complexity index is 475. The molecule has 0 saturated heterocycles. The van der Waals surface area contributed by atoms with E-state index in [4.69, 9.17) is 4.74 Å². The van der Waals surface area contributed by atoms with Crippen molar-refractivity contribution in [1.82, 2.24) is 0 Å². The summed E-state index contributed by atoms with van der Waals surface area (Å²) < 4.78 is 30.9. The number of benzene rings is 1. The first-order chi connectivity index (χ1) is 11.6. The van der Waals surface area contributed by atoms with Crippen molar-refractivity contribution in [3.63, 3.8) is 0 Å². The summed E-state index contributed by atoms with van der Waals surface area (Å²) in [7, 11) is 0. The fourth-order valence-corrected chi connectivity index (χ4v) is 2.64. The predicted octanol–water partition coefficient (Wildman–Crippen LogP) is 6.43. The molecule has 24 heavy (non-hydrogen) atoms. The van der Waals surface area contributed by atoms with Crippen LogP contribution in [0.15, 0.2) is 18.2 Å². The van der Waals surface area contributed by atoms with E-state index in [2.05, 4.69) is 6.92 Å². The highest BCUT2D eigenvalue weighted by Crippen LogP contribution is 2.12. The van der Waals surface area contributed by atoms with Crippen molar-refractivity contribution in [3.05, 3.63) is 35.4 Å². The van der Waals surface area contributed by atoms with Crippen molar-refractivity contribution in [3.8, 4) is 0 Å². The average molecular weight is 340 g/mol. The molecule has 0 spiro atoms. The van der Waals surface area contributed by atoms with Crippen LogP contribution in [0.4, 0.5) is 8.78 Å². The van der Waals surface area contributed by atoms with Gasteiger partial charge in [-0.05, 0) is 24.6 Å². The summed E-state index contributed by atoms with van der Waals surface area (Å²) in [4.78, 5) is 11.7. The van der Waals surface area contributed by atoms with Crippen LogP contribution in [0.2, 0.25) is 0 Å². The van der Waals surface area contributed by atoms with E-state index in [9.17, 15) is 13.6 Å². The van der Waals surface area contributed by atoms with E-state index in [1.165, 1.54) is 57.4 Å². The van der Waals surface area contributed by atoms with Crippen molar-refractivity contribution in [2.45, 2.75) is 77.6 Å². The lowest BCUT2D eigenvalue weighted by molar-refractivity contribution is 0.0497. The summed E-state index contributed by atoms with van der Waals surface area (Å²) in [5.41, 5.74) is 0.0528. The van der Waals surface area contributed by atoms with Gasteiger partial charge in [0.25, 0.3) is 0 Å². The van der Waals surface area contributed by atoms with Crippen molar-refractivity contribution >= 4 is 5.97 Å². The topological polar surface area (TPSA) is 26.3 Å². The Balaban J connectivity index is 1.96. The molecule has 0 heterocycles. The average Bonchev–Trinajstić information content (AvgIpc) is 2.58. The van der Waals surface area contributed by atoms with Gasteiger partial charge in [-0.2, -0.15) is 0 Å². The zero-order valence-electron chi connectivity index (χ0n) is 14.8. The van der Waals surface area contributed by atoms with Gasteiger partial charge in [0.2, 0.25) is 0 Å². The summed E-state index contributed by atoms with van der Waals surface area (Å²) in [6.07, 6.45) is 13.5. The third kappa shape index (κ3) is 8.99. The van der Waals surface area contributed by atoms with Crippen LogP contribution < -0.4 is 0 Å². The molecule has 0 atom stereocenters. The standard InChI is InChI=1S/C20H30F2O2/c1-2-3-4-5-6-7-8-9-10-11-12-15-24-20(23)17-13-14-18(21)19(22)16-17/h13-14,16H,2-12,15H2,1H3. The van der Waals surface area contributed by atoms with Crippen LogP contribution in [0.1, 0.15) is 87.9 Å². The number of ether oxygens (including phenoxy) is 1. The molecule has 0 unspecified atom stereocenters. The Morgan fingerprint density at radius 2 is 1.38 bits per heavy atom. The largest absolute Gasteiger partial charge is 0.462 e. The van der Waals surface area contributed by atoms with Crippen LogP contribution in [-0.2, 0) is 4.74 Å². The minimum absolute atomic E-state index is 0.0528. The number of carbonyl (C=O) groups excluding carboxylic acids is 1. The van der Waals surface area contributed by atoms with Crippen molar-refractivity contribution in [1.29, 1.82) is 0 Å². The highest BCUT2D eigenvalue weighted by atomic mass is 19.2. The van der Waals surface area contributed by atoms with Gasteiger partial charge in [0.15, 0.2) is 11.6 Å². The normalized spacial score (nSPS) is 10.8. The smallest absolute Gasteiger partial charge is 0.338 e. The molecule has 0 fully saturated rings. The maximum atomic E-state index is 13.0. The second kappa shape index (κ2) is 12.9.